The van der Waals surface area contributed by atoms with Crippen molar-refractivity contribution in [3.8, 4) is 17.0 Å². The van der Waals surface area contributed by atoms with Gasteiger partial charge in [-0.1, -0.05) is 16.8 Å². The van der Waals surface area contributed by atoms with Crippen molar-refractivity contribution in [3.05, 3.63) is 34.0 Å². The molecule has 20 heavy (non-hydrogen) atoms. The summed E-state index contributed by atoms with van der Waals surface area (Å²) in [5.74, 6) is -0.612. The third-order valence-electron chi connectivity index (χ3n) is 3.43. The highest BCUT2D eigenvalue weighted by molar-refractivity contribution is 6.32. The van der Waals surface area contributed by atoms with Gasteiger partial charge in [-0.15, -0.1) is 0 Å². The van der Waals surface area contributed by atoms with E-state index in [1.165, 1.54) is 6.07 Å². The molecule has 0 saturated heterocycles. The Morgan fingerprint density at radius 3 is 2.95 bits per heavy atom. The molecular formula is C14H12ClNO4. The predicted molar refractivity (Wildman–Crippen MR) is 72.5 cm³/mol. The SMILES string of the molecule is Cc1c(-c2cc(C(=O)O)on2)cc(Cl)c2c1CCCO2. The van der Waals surface area contributed by atoms with Gasteiger partial charge in [0.05, 0.1) is 11.6 Å². The summed E-state index contributed by atoms with van der Waals surface area (Å²) < 4.78 is 10.4. The highest BCUT2D eigenvalue weighted by Crippen LogP contribution is 2.40. The number of benzene rings is 1. The lowest BCUT2D eigenvalue weighted by Crippen LogP contribution is -2.10. The lowest BCUT2D eigenvalue weighted by molar-refractivity contribution is 0.0652. The van der Waals surface area contributed by atoms with Crippen LogP contribution in [0.1, 0.15) is 28.1 Å². The fraction of sp³-hybridized carbons (Fsp3) is 0.286. The highest BCUT2D eigenvalue weighted by Gasteiger charge is 2.22. The highest BCUT2D eigenvalue weighted by atomic mass is 35.5. The van der Waals surface area contributed by atoms with Gasteiger partial charge in [-0.2, -0.15) is 0 Å². The molecule has 2 heterocycles. The zero-order valence-electron chi connectivity index (χ0n) is 10.8. The van der Waals surface area contributed by atoms with Crippen LogP contribution < -0.4 is 4.74 Å². The summed E-state index contributed by atoms with van der Waals surface area (Å²) in [4.78, 5) is 10.9. The van der Waals surface area contributed by atoms with Crippen LogP contribution in [-0.2, 0) is 6.42 Å². The third kappa shape index (κ3) is 2.04. The van der Waals surface area contributed by atoms with E-state index >= 15 is 0 Å². The zero-order valence-corrected chi connectivity index (χ0v) is 11.5. The largest absolute Gasteiger partial charge is 0.492 e. The summed E-state index contributed by atoms with van der Waals surface area (Å²) in [5, 5.41) is 13.2. The van der Waals surface area contributed by atoms with Gasteiger partial charge in [-0.05, 0) is 37.0 Å². The lowest BCUT2D eigenvalue weighted by Gasteiger charge is -2.22. The van der Waals surface area contributed by atoms with Crippen molar-refractivity contribution >= 4 is 17.6 Å². The molecule has 0 unspecified atom stereocenters. The Balaban J connectivity index is 2.13. The van der Waals surface area contributed by atoms with Crippen LogP contribution in [0.15, 0.2) is 16.7 Å². The van der Waals surface area contributed by atoms with Gasteiger partial charge in [0.2, 0.25) is 5.76 Å². The van der Waals surface area contributed by atoms with E-state index in [1.807, 2.05) is 6.92 Å². The van der Waals surface area contributed by atoms with Crippen molar-refractivity contribution < 1.29 is 19.2 Å². The van der Waals surface area contributed by atoms with Gasteiger partial charge in [0.25, 0.3) is 0 Å². The number of carboxylic acids is 1. The molecule has 0 bridgehead atoms. The first kappa shape index (κ1) is 13.0. The monoisotopic (exact) mass is 293 g/mol. The van der Waals surface area contributed by atoms with Crippen LogP contribution in [0, 0.1) is 6.92 Å². The number of rotatable bonds is 2. The number of nitrogens with zero attached hydrogens (tertiary/aromatic N) is 1. The second-order valence-corrected chi connectivity index (χ2v) is 5.08. The van der Waals surface area contributed by atoms with Gasteiger partial charge in [0.1, 0.15) is 11.4 Å². The number of fused-ring (bicyclic) bond motifs is 1. The van der Waals surface area contributed by atoms with E-state index in [-0.39, 0.29) is 5.76 Å². The molecule has 0 fully saturated rings. The number of carbonyl (C=O) groups is 1. The average molecular weight is 294 g/mol. The van der Waals surface area contributed by atoms with Crippen molar-refractivity contribution in [1.29, 1.82) is 0 Å². The Morgan fingerprint density at radius 1 is 1.45 bits per heavy atom. The predicted octanol–water partition coefficient (Wildman–Crippen LogP) is 3.33. The molecule has 1 N–H and O–H groups in total. The number of carboxylic acid groups (broad SMARTS) is 1. The average Bonchev–Trinajstić information content (AvgIpc) is 2.93. The minimum atomic E-state index is -1.14. The fourth-order valence-electron chi connectivity index (χ4n) is 2.43. The first-order valence-corrected chi connectivity index (χ1v) is 6.61. The minimum Gasteiger partial charge on any atom is -0.492 e. The lowest BCUT2D eigenvalue weighted by atomic mass is 9.94. The molecule has 0 aliphatic carbocycles. The number of ether oxygens (including phenoxy) is 1. The number of hydrogen-bond acceptors (Lipinski definition) is 4. The molecule has 0 spiro atoms. The second kappa shape index (κ2) is 4.83. The van der Waals surface area contributed by atoms with Crippen molar-refractivity contribution in [2.75, 3.05) is 6.61 Å². The van der Waals surface area contributed by atoms with Crippen LogP contribution >= 0.6 is 11.6 Å². The molecule has 0 radical (unpaired) electrons. The number of aromatic carboxylic acids is 1. The first-order chi connectivity index (χ1) is 9.58. The molecule has 6 heteroatoms. The summed E-state index contributed by atoms with van der Waals surface area (Å²) >= 11 is 6.24. The molecule has 0 atom stereocenters. The topological polar surface area (TPSA) is 72.6 Å². The molecule has 0 saturated carbocycles. The molecule has 3 rings (SSSR count). The third-order valence-corrected chi connectivity index (χ3v) is 3.71. The van der Waals surface area contributed by atoms with Crippen molar-refractivity contribution in [3.63, 3.8) is 0 Å². The van der Waals surface area contributed by atoms with Gasteiger partial charge in [0.15, 0.2) is 0 Å². The van der Waals surface area contributed by atoms with Gasteiger partial charge in [-0.25, -0.2) is 4.79 Å². The maximum atomic E-state index is 10.9. The summed E-state index contributed by atoms with van der Waals surface area (Å²) in [7, 11) is 0. The quantitative estimate of drug-likeness (QED) is 0.919. The van der Waals surface area contributed by atoms with Crippen molar-refractivity contribution in [2.24, 2.45) is 0 Å². The molecule has 5 nitrogen and oxygen atoms in total. The van der Waals surface area contributed by atoms with Crippen LogP contribution in [0.4, 0.5) is 0 Å². The second-order valence-electron chi connectivity index (χ2n) is 4.67. The van der Waals surface area contributed by atoms with Crippen LogP contribution in [0.2, 0.25) is 5.02 Å². The number of aromatic nitrogens is 1. The standard InChI is InChI=1S/C14H12ClNO4/c1-7-8-3-2-4-19-13(8)10(15)5-9(7)11-6-12(14(17)18)20-16-11/h5-6H,2-4H2,1H3,(H,17,18). The van der Waals surface area contributed by atoms with Gasteiger partial charge >= 0.3 is 5.97 Å². The molecule has 1 aliphatic rings. The van der Waals surface area contributed by atoms with E-state index in [2.05, 4.69) is 5.16 Å². The summed E-state index contributed by atoms with van der Waals surface area (Å²) in [6.45, 7) is 2.62. The van der Waals surface area contributed by atoms with E-state index in [1.54, 1.807) is 6.07 Å². The zero-order chi connectivity index (χ0) is 14.3. The van der Waals surface area contributed by atoms with Gasteiger partial charge < -0.3 is 14.4 Å². The summed E-state index contributed by atoms with van der Waals surface area (Å²) in [5.41, 5.74) is 3.29. The molecule has 1 aromatic carbocycles. The molecule has 1 aromatic heterocycles. The Bertz CT molecular complexity index is 693. The fourth-order valence-corrected chi connectivity index (χ4v) is 2.70. The van der Waals surface area contributed by atoms with E-state index in [0.717, 1.165) is 35.3 Å². The van der Waals surface area contributed by atoms with E-state index in [4.69, 9.17) is 26.0 Å². The van der Waals surface area contributed by atoms with E-state index in [9.17, 15) is 4.79 Å². The Hall–Kier alpha value is -2.01. The van der Waals surface area contributed by atoms with Crippen molar-refractivity contribution in [1.82, 2.24) is 5.16 Å². The molecular weight excluding hydrogens is 282 g/mol. The minimum absolute atomic E-state index is 0.190. The van der Waals surface area contributed by atoms with Crippen molar-refractivity contribution in [2.45, 2.75) is 19.8 Å². The Kier molecular flexibility index (Phi) is 3.14. The summed E-state index contributed by atoms with van der Waals surface area (Å²) in [6.07, 6.45) is 1.82. The smallest absolute Gasteiger partial charge is 0.374 e. The van der Waals surface area contributed by atoms with Gasteiger partial charge in [-0.3, -0.25) is 0 Å². The molecule has 1 aliphatic heterocycles. The van der Waals surface area contributed by atoms with Crippen LogP contribution in [-0.4, -0.2) is 22.8 Å². The Morgan fingerprint density at radius 2 is 2.25 bits per heavy atom. The van der Waals surface area contributed by atoms with Crippen LogP contribution in [0.5, 0.6) is 5.75 Å². The normalized spacial score (nSPS) is 13.7. The number of hydrogen-bond donors (Lipinski definition) is 1. The molecule has 104 valence electrons. The maximum absolute atomic E-state index is 10.9. The van der Waals surface area contributed by atoms with E-state index in [0.29, 0.717) is 17.3 Å². The first-order valence-electron chi connectivity index (χ1n) is 6.23. The Labute approximate surface area is 120 Å². The van der Waals surface area contributed by atoms with E-state index < -0.39 is 5.97 Å². The van der Waals surface area contributed by atoms with Gasteiger partial charge in [0, 0.05) is 11.6 Å². The molecule has 2 aromatic rings. The van der Waals surface area contributed by atoms with Crippen LogP contribution in [0.3, 0.4) is 0 Å². The van der Waals surface area contributed by atoms with Crippen LogP contribution in [0.25, 0.3) is 11.3 Å². The maximum Gasteiger partial charge on any atom is 0.374 e. The number of halogens is 1. The summed E-state index contributed by atoms with van der Waals surface area (Å²) in [6, 6.07) is 3.14. The molecule has 0 amide bonds.